The molecule has 0 radical (unpaired) electrons. The van der Waals surface area contributed by atoms with Gasteiger partial charge in [0, 0.05) is 17.9 Å². The molecule has 0 atom stereocenters. The number of hydrogen-bond donors (Lipinski definition) is 1. The monoisotopic (exact) mass is 276 g/mol. The fourth-order valence-corrected chi connectivity index (χ4v) is 2.63. The maximum absolute atomic E-state index is 12.2. The maximum atomic E-state index is 12.2. The average Bonchev–Trinajstić information content (AvgIpc) is 2.47. The van der Waals surface area contributed by atoms with Gasteiger partial charge in [0.2, 0.25) is 0 Å². The van der Waals surface area contributed by atoms with Crippen molar-refractivity contribution < 1.29 is 14.3 Å². The van der Waals surface area contributed by atoms with Gasteiger partial charge in [-0.3, -0.25) is 14.6 Å². The lowest BCUT2D eigenvalue weighted by Gasteiger charge is -2.27. The predicted octanol–water partition coefficient (Wildman–Crippen LogP) is 1.85. The van der Waals surface area contributed by atoms with Crippen LogP contribution < -0.4 is 5.32 Å². The number of carbonyl (C=O) groups excluding carboxylic acids is 2. The predicted molar refractivity (Wildman–Crippen MR) is 74.2 cm³/mol. The van der Waals surface area contributed by atoms with Crippen LogP contribution >= 0.6 is 0 Å². The Balaban J connectivity index is 1.88. The van der Waals surface area contributed by atoms with Gasteiger partial charge in [0.1, 0.15) is 0 Å². The molecule has 2 rings (SSSR count). The molecular formula is C15H20N2O3. The van der Waals surface area contributed by atoms with E-state index in [0.29, 0.717) is 5.56 Å². The van der Waals surface area contributed by atoms with Crippen LogP contribution in [0.3, 0.4) is 0 Å². The van der Waals surface area contributed by atoms with E-state index in [1.165, 1.54) is 7.11 Å². The van der Waals surface area contributed by atoms with Crippen LogP contribution in [0.15, 0.2) is 18.3 Å². The van der Waals surface area contributed by atoms with Gasteiger partial charge in [-0.25, -0.2) is 0 Å². The second-order valence-electron chi connectivity index (χ2n) is 5.18. The Bertz CT molecular complexity index is 494. The van der Waals surface area contributed by atoms with Gasteiger partial charge in [-0.05, 0) is 44.7 Å². The highest BCUT2D eigenvalue weighted by Crippen LogP contribution is 2.25. The molecule has 1 aromatic heterocycles. The third kappa shape index (κ3) is 3.35. The molecule has 1 aromatic rings. The topological polar surface area (TPSA) is 68.3 Å². The summed E-state index contributed by atoms with van der Waals surface area (Å²) in [6.45, 7) is 1.82. The quantitative estimate of drug-likeness (QED) is 0.855. The first-order chi connectivity index (χ1) is 9.61. The molecule has 0 bridgehead atoms. The number of amides is 1. The standard InChI is InChI=1S/C15H20N2O3/c1-10-13(4-3-9-16-10)14(18)17-12-7-5-11(6-8-12)15(19)20-2/h3-4,9,11-12H,5-8H2,1-2H3,(H,17,18). The second-order valence-corrected chi connectivity index (χ2v) is 5.18. The number of nitrogens with one attached hydrogen (secondary N) is 1. The van der Waals surface area contributed by atoms with Crippen molar-refractivity contribution in [3.8, 4) is 0 Å². The first-order valence-electron chi connectivity index (χ1n) is 6.92. The molecule has 0 aromatic carbocycles. The van der Waals surface area contributed by atoms with Crippen LogP contribution in [0.1, 0.15) is 41.7 Å². The minimum Gasteiger partial charge on any atom is -0.469 e. The molecule has 1 amide bonds. The van der Waals surface area contributed by atoms with Gasteiger partial charge < -0.3 is 10.1 Å². The molecule has 1 heterocycles. The fraction of sp³-hybridized carbons (Fsp3) is 0.533. The molecule has 1 N–H and O–H groups in total. The van der Waals surface area contributed by atoms with Crippen molar-refractivity contribution >= 4 is 11.9 Å². The van der Waals surface area contributed by atoms with Crippen molar-refractivity contribution in [2.75, 3.05) is 7.11 Å². The van der Waals surface area contributed by atoms with Gasteiger partial charge >= 0.3 is 5.97 Å². The summed E-state index contributed by atoms with van der Waals surface area (Å²) in [5, 5.41) is 3.02. The molecule has 5 heteroatoms. The van der Waals surface area contributed by atoms with Crippen LogP contribution in [0, 0.1) is 12.8 Å². The number of nitrogens with zero attached hydrogens (tertiary/aromatic N) is 1. The van der Waals surface area contributed by atoms with Crippen molar-refractivity contribution in [3.63, 3.8) is 0 Å². The Kier molecular flexibility index (Phi) is 4.71. The van der Waals surface area contributed by atoms with Crippen molar-refractivity contribution in [2.24, 2.45) is 5.92 Å². The highest BCUT2D eigenvalue weighted by atomic mass is 16.5. The summed E-state index contributed by atoms with van der Waals surface area (Å²) < 4.78 is 4.76. The Labute approximate surface area is 118 Å². The van der Waals surface area contributed by atoms with E-state index in [1.54, 1.807) is 18.3 Å². The Morgan fingerprint density at radius 2 is 2.00 bits per heavy atom. The van der Waals surface area contributed by atoms with Crippen LogP contribution in [0.5, 0.6) is 0 Å². The maximum Gasteiger partial charge on any atom is 0.308 e. The molecule has 0 unspecified atom stereocenters. The van der Waals surface area contributed by atoms with E-state index >= 15 is 0 Å². The summed E-state index contributed by atoms with van der Waals surface area (Å²) >= 11 is 0. The summed E-state index contributed by atoms with van der Waals surface area (Å²) in [5.74, 6) is -0.247. The smallest absolute Gasteiger partial charge is 0.308 e. The van der Waals surface area contributed by atoms with Crippen molar-refractivity contribution in [1.29, 1.82) is 0 Å². The number of esters is 1. The number of rotatable bonds is 3. The highest BCUT2D eigenvalue weighted by Gasteiger charge is 2.27. The van der Waals surface area contributed by atoms with E-state index in [2.05, 4.69) is 10.3 Å². The lowest BCUT2D eigenvalue weighted by molar-refractivity contribution is -0.146. The summed E-state index contributed by atoms with van der Waals surface area (Å²) in [6.07, 6.45) is 4.83. The number of aryl methyl sites for hydroxylation is 1. The third-order valence-corrected chi connectivity index (χ3v) is 3.85. The van der Waals surface area contributed by atoms with E-state index in [0.717, 1.165) is 31.4 Å². The van der Waals surface area contributed by atoms with E-state index in [-0.39, 0.29) is 23.8 Å². The van der Waals surface area contributed by atoms with Crippen molar-refractivity contribution in [3.05, 3.63) is 29.6 Å². The molecule has 0 aliphatic heterocycles. The lowest BCUT2D eigenvalue weighted by atomic mass is 9.86. The van der Waals surface area contributed by atoms with Crippen LogP contribution in [0.4, 0.5) is 0 Å². The van der Waals surface area contributed by atoms with Crippen molar-refractivity contribution in [2.45, 2.75) is 38.6 Å². The number of methoxy groups -OCH3 is 1. The van der Waals surface area contributed by atoms with E-state index in [9.17, 15) is 9.59 Å². The summed E-state index contributed by atoms with van der Waals surface area (Å²) in [7, 11) is 1.42. The lowest BCUT2D eigenvalue weighted by Crippen LogP contribution is -2.39. The number of pyridine rings is 1. The van der Waals surface area contributed by atoms with Gasteiger partial charge in [-0.2, -0.15) is 0 Å². The number of aromatic nitrogens is 1. The molecule has 0 spiro atoms. The first kappa shape index (κ1) is 14.5. The molecule has 1 fully saturated rings. The molecule has 20 heavy (non-hydrogen) atoms. The van der Waals surface area contributed by atoms with E-state index in [4.69, 9.17) is 4.74 Å². The van der Waals surface area contributed by atoms with Crippen LogP contribution in [0.25, 0.3) is 0 Å². The highest BCUT2D eigenvalue weighted by molar-refractivity contribution is 5.95. The first-order valence-corrected chi connectivity index (χ1v) is 6.92. The van der Waals surface area contributed by atoms with Crippen molar-refractivity contribution in [1.82, 2.24) is 10.3 Å². The minimum absolute atomic E-state index is 0.0201. The second kappa shape index (κ2) is 6.50. The van der Waals surface area contributed by atoms with Gasteiger partial charge in [0.05, 0.1) is 18.6 Å². The fourth-order valence-electron chi connectivity index (χ4n) is 2.63. The molecule has 1 aliphatic carbocycles. The molecular weight excluding hydrogens is 256 g/mol. The molecule has 108 valence electrons. The largest absolute Gasteiger partial charge is 0.469 e. The minimum atomic E-state index is -0.141. The van der Waals surface area contributed by atoms with E-state index < -0.39 is 0 Å². The zero-order valence-corrected chi connectivity index (χ0v) is 11.9. The summed E-state index contributed by atoms with van der Waals surface area (Å²) in [5.41, 5.74) is 1.34. The van der Waals surface area contributed by atoms with Crippen LogP contribution in [-0.2, 0) is 9.53 Å². The molecule has 1 aliphatic rings. The molecule has 0 saturated heterocycles. The third-order valence-electron chi connectivity index (χ3n) is 3.85. The zero-order chi connectivity index (χ0) is 14.5. The van der Waals surface area contributed by atoms with E-state index in [1.807, 2.05) is 6.92 Å². The number of ether oxygens (including phenoxy) is 1. The van der Waals surface area contributed by atoms with Gasteiger partial charge in [-0.15, -0.1) is 0 Å². The summed E-state index contributed by atoms with van der Waals surface area (Å²) in [6, 6.07) is 3.66. The Hall–Kier alpha value is -1.91. The van der Waals surface area contributed by atoms with Gasteiger partial charge in [-0.1, -0.05) is 0 Å². The number of carbonyl (C=O) groups is 2. The average molecular weight is 276 g/mol. The van der Waals surface area contributed by atoms with Crippen LogP contribution in [-0.4, -0.2) is 30.0 Å². The molecule has 1 saturated carbocycles. The zero-order valence-electron chi connectivity index (χ0n) is 11.9. The normalized spacial score (nSPS) is 22.1. The Morgan fingerprint density at radius 3 is 2.60 bits per heavy atom. The number of hydrogen-bond acceptors (Lipinski definition) is 4. The van der Waals surface area contributed by atoms with Crippen LogP contribution in [0.2, 0.25) is 0 Å². The van der Waals surface area contributed by atoms with Gasteiger partial charge in [0.15, 0.2) is 0 Å². The Morgan fingerprint density at radius 1 is 1.30 bits per heavy atom. The van der Waals surface area contributed by atoms with Gasteiger partial charge in [0.25, 0.3) is 5.91 Å². The summed E-state index contributed by atoms with van der Waals surface area (Å²) in [4.78, 5) is 27.7. The SMILES string of the molecule is COC(=O)C1CCC(NC(=O)c2cccnc2C)CC1. The molecule has 5 nitrogen and oxygen atoms in total.